The Balaban J connectivity index is 1.62. The first-order valence-corrected chi connectivity index (χ1v) is 10.2. The standard InChI is InChI=1S/C20H24ClF2N5O/c1-24-16-17(25-10-14-4-2-3-5-15(14)21)26-19(29-11-13-6-7-13)27-18(16)28-9-8-20(22,23)12-28/h2-5,13,24H,6-12H2,1H3,(H,25,26,27). The van der Waals surface area contributed by atoms with Gasteiger partial charge in [0.15, 0.2) is 11.6 Å². The first kappa shape index (κ1) is 19.9. The van der Waals surface area contributed by atoms with E-state index in [1.54, 1.807) is 11.9 Å². The minimum atomic E-state index is -2.73. The highest BCUT2D eigenvalue weighted by molar-refractivity contribution is 6.31. The van der Waals surface area contributed by atoms with Crippen molar-refractivity contribution in [3.8, 4) is 6.01 Å². The molecule has 1 aromatic heterocycles. The van der Waals surface area contributed by atoms with Crippen LogP contribution in [0.3, 0.4) is 0 Å². The van der Waals surface area contributed by atoms with Crippen molar-refractivity contribution < 1.29 is 13.5 Å². The number of hydrogen-bond acceptors (Lipinski definition) is 6. The summed E-state index contributed by atoms with van der Waals surface area (Å²) < 4.78 is 33.4. The second-order valence-corrected chi connectivity index (χ2v) is 7.94. The van der Waals surface area contributed by atoms with Gasteiger partial charge in [-0.2, -0.15) is 9.97 Å². The largest absolute Gasteiger partial charge is 0.463 e. The van der Waals surface area contributed by atoms with Crippen LogP contribution < -0.4 is 20.3 Å². The Morgan fingerprint density at radius 2 is 2.07 bits per heavy atom. The Kier molecular flexibility index (Phi) is 5.63. The summed E-state index contributed by atoms with van der Waals surface area (Å²) in [5.41, 5.74) is 1.47. The lowest BCUT2D eigenvalue weighted by molar-refractivity contribution is 0.0256. The molecule has 4 rings (SSSR count). The van der Waals surface area contributed by atoms with E-state index in [0.717, 1.165) is 18.4 Å². The van der Waals surface area contributed by atoms with Crippen molar-refractivity contribution in [3.63, 3.8) is 0 Å². The summed E-state index contributed by atoms with van der Waals surface area (Å²) in [4.78, 5) is 10.5. The van der Waals surface area contributed by atoms with Gasteiger partial charge in [0.05, 0.1) is 13.2 Å². The maximum Gasteiger partial charge on any atom is 0.320 e. The maximum absolute atomic E-state index is 13.8. The van der Waals surface area contributed by atoms with Gasteiger partial charge in [0.25, 0.3) is 5.92 Å². The van der Waals surface area contributed by atoms with Gasteiger partial charge in [0, 0.05) is 31.6 Å². The molecule has 2 fully saturated rings. The number of hydrogen-bond donors (Lipinski definition) is 2. The minimum Gasteiger partial charge on any atom is -0.463 e. The van der Waals surface area contributed by atoms with Crippen molar-refractivity contribution >= 4 is 28.9 Å². The summed E-state index contributed by atoms with van der Waals surface area (Å²) in [6.07, 6.45) is 2.08. The SMILES string of the molecule is CNc1c(NCc2ccccc2Cl)nc(OCC2CC2)nc1N1CCC(F)(F)C1. The van der Waals surface area contributed by atoms with Crippen molar-refractivity contribution in [2.24, 2.45) is 5.92 Å². The molecule has 2 aliphatic rings. The summed E-state index contributed by atoms with van der Waals surface area (Å²) >= 11 is 6.25. The molecule has 1 aliphatic heterocycles. The lowest BCUT2D eigenvalue weighted by Crippen LogP contribution is -2.27. The topological polar surface area (TPSA) is 62.3 Å². The van der Waals surface area contributed by atoms with Crippen LogP contribution in [0, 0.1) is 5.92 Å². The van der Waals surface area contributed by atoms with Crippen LogP contribution in [0.25, 0.3) is 0 Å². The van der Waals surface area contributed by atoms with Gasteiger partial charge in [0.1, 0.15) is 5.69 Å². The zero-order valence-electron chi connectivity index (χ0n) is 16.2. The van der Waals surface area contributed by atoms with Gasteiger partial charge >= 0.3 is 6.01 Å². The van der Waals surface area contributed by atoms with Crippen molar-refractivity contribution in [1.82, 2.24) is 9.97 Å². The molecule has 0 amide bonds. The molecule has 156 valence electrons. The van der Waals surface area contributed by atoms with E-state index in [2.05, 4.69) is 20.6 Å². The van der Waals surface area contributed by atoms with Crippen molar-refractivity contribution in [2.75, 3.05) is 42.3 Å². The van der Waals surface area contributed by atoms with Crippen LogP contribution in [0.15, 0.2) is 24.3 Å². The molecule has 1 aliphatic carbocycles. The maximum atomic E-state index is 13.8. The van der Waals surface area contributed by atoms with E-state index in [4.69, 9.17) is 16.3 Å². The molecule has 29 heavy (non-hydrogen) atoms. The average molecular weight is 424 g/mol. The van der Waals surface area contributed by atoms with Gasteiger partial charge in [-0.1, -0.05) is 29.8 Å². The van der Waals surface area contributed by atoms with Crippen molar-refractivity contribution in [3.05, 3.63) is 34.9 Å². The second kappa shape index (κ2) is 8.18. The quantitative estimate of drug-likeness (QED) is 0.655. The summed E-state index contributed by atoms with van der Waals surface area (Å²) in [6.45, 7) is 0.830. The molecule has 0 radical (unpaired) electrons. The summed E-state index contributed by atoms with van der Waals surface area (Å²) in [6, 6.07) is 7.71. The number of anilines is 3. The third kappa shape index (κ3) is 4.80. The van der Waals surface area contributed by atoms with Gasteiger partial charge in [-0.05, 0) is 30.4 Å². The minimum absolute atomic E-state index is 0.194. The number of halogens is 3. The Labute approximate surface area is 173 Å². The van der Waals surface area contributed by atoms with E-state index in [-0.39, 0.29) is 25.5 Å². The van der Waals surface area contributed by atoms with Gasteiger partial charge < -0.3 is 20.3 Å². The fourth-order valence-corrected chi connectivity index (χ4v) is 3.50. The van der Waals surface area contributed by atoms with Crippen LogP contribution in [0.1, 0.15) is 24.8 Å². The van der Waals surface area contributed by atoms with E-state index in [0.29, 0.717) is 41.4 Å². The highest BCUT2D eigenvalue weighted by Gasteiger charge is 2.40. The van der Waals surface area contributed by atoms with E-state index in [1.165, 1.54) is 0 Å². The van der Waals surface area contributed by atoms with Gasteiger partial charge in [0.2, 0.25) is 0 Å². The third-order valence-electron chi connectivity index (χ3n) is 5.14. The normalized spacial score (nSPS) is 18.0. The molecule has 9 heteroatoms. The first-order chi connectivity index (χ1) is 13.9. The Morgan fingerprint density at radius 3 is 2.72 bits per heavy atom. The Morgan fingerprint density at radius 1 is 1.28 bits per heavy atom. The fraction of sp³-hybridized carbons (Fsp3) is 0.500. The van der Waals surface area contributed by atoms with E-state index in [9.17, 15) is 8.78 Å². The zero-order chi connectivity index (χ0) is 20.4. The molecule has 2 heterocycles. The fourth-order valence-electron chi connectivity index (χ4n) is 3.29. The van der Waals surface area contributed by atoms with Crippen LogP contribution >= 0.6 is 11.6 Å². The molecule has 2 aromatic rings. The molecular weight excluding hydrogens is 400 g/mol. The van der Waals surface area contributed by atoms with Crippen LogP contribution in [-0.2, 0) is 6.54 Å². The number of nitrogens with one attached hydrogen (secondary N) is 2. The molecule has 0 spiro atoms. The van der Waals surface area contributed by atoms with Crippen molar-refractivity contribution in [2.45, 2.75) is 31.7 Å². The molecule has 1 saturated carbocycles. The van der Waals surface area contributed by atoms with E-state index >= 15 is 0 Å². The molecule has 2 N–H and O–H groups in total. The molecular formula is C20H24ClF2N5O. The van der Waals surface area contributed by atoms with Crippen LogP contribution in [0.4, 0.5) is 26.1 Å². The van der Waals surface area contributed by atoms with Crippen LogP contribution in [-0.4, -0.2) is 42.6 Å². The number of nitrogens with zero attached hydrogens (tertiary/aromatic N) is 3. The van der Waals surface area contributed by atoms with Gasteiger partial charge in [-0.3, -0.25) is 0 Å². The van der Waals surface area contributed by atoms with Gasteiger partial charge in [-0.25, -0.2) is 8.78 Å². The lowest BCUT2D eigenvalue weighted by Gasteiger charge is -2.23. The molecule has 1 saturated heterocycles. The first-order valence-electron chi connectivity index (χ1n) is 9.78. The zero-order valence-corrected chi connectivity index (χ0v) is 17.0. The highest BCUT2D eigenvalue weighted by Crippen LogP contribution is 2.38. The molecule has 0 bridgehead atoms. The molecule has 0 unspecified atom stereocenters. The number of aromatic nitrogens is 2. The van der Waals surface area contributed by atoms with E-state index in [1.807, 2.05) is 24.3 Å². The molecule has 6 nitrogen and oxygen atoms in total. The Bertz CT molecular complexity index is 878. The van der Waals surface area contributed by atoms with Crippen LogP contribution in [0.5, 0.6) is 6.01 Å². The number of benzene rings is 1. The van der Waals surface area contributed by atoms with Crippen LogP contribution in [0.2, 0.25) is 5.02 Å². The number of alkyl halides is 2. The molecule has 1 aromatic carbocycles. The monoisotopic (exact) mass is 423 g/mol. The van der Waals surface area contributed by atoms with Crippen molar-refractivity contribution in [1.29, 1.82) is 0 Å². The summed E-state index contributed by atoms with van der Waals surface area (Å²) in [5.74, 6) is -1.27. The summed E-state index contributed by atoms with van der Waals surface area (Å²) in [5, 5.41) is 6.96. The second-order valence-electron chi connectivity index (χ2n) is 7.53. The number of rotatable bonds is 8. The summed E-state index contributed by atoms with van der Waals surface area (Å²) in [7, 11) is 1.72. The molecule has 0 atom stereocenters. The Hall–Kier alpha value is -2.35. The average Bonchev–Trinajstić information content (AvgIpc) is 3.46. The number of ether oxygens (including phenoxy) is 1. The third-order valence-corrected chi connectivity index (χ3v) is 5.51. The lowest BCUT2D eigenvalue weighted by atomic mass is 10.2. The predicted molar refractivity (Wildman–Crippen MR) is 110 cm³/mol. The predicted octanol–water partition coefficient (Wildman–Crippen LogP) is 4.42. The smallest absolute Gasteiger partial charge is 0.320 e. The highest BCUT2D eigenvalue weighted by atomic mass is 35.5. The van der Waals surface area contributed by atoms with Gasteiger partial charge in [-0.15, -0.1) is 0 Å². The van der Waals surface area contributed by atoms with E-state index < -0.39 is 5.92 Å².